The molecule has 6 nitrogen and oxygen atoms in total. The second-order valence-corrected chi connectivity index (χ2v) is 9.09. The predicted molar refractivity (Wildman–Crippen MR) is 108 cm³/mol. The van der Waals surface area contributed by atoms with Crippen molar-refractivity contribution in [2.45, 2.75) is 37.0 Å². The zero-order chi connectivity index (χ0) is 19.6. The second kappa shape index (κ2) is 7.85. The Labute approximate surface area is 165 Å². The van der Waals surface area contributed by atoms with Crippen molar-refractivity contribution in [2.75, 3.05) is 13.1 Å². The van der Waals surface area contributed by atoms with E-state index in [1.807, 2.05) is 18.2 Å². The number of hydrazone groups is 1. The zero-order valence-electron chi connectivity index (χ0n) is 15.6. The Kier molecular flexibility index (Phi) is 5.28. The molecular weight excluding hydrogens is 374 g/mol. The predicted octanol–water partition coefficient (Wildman–Crippen LogP) is 2.94. The monoisotopic (exact) mass is 397 g/mol. The van der Waals surface area contributed by atoms with Gasteiger partial charge in [0, 0.05) is 24.2 Å². The first kappa shape index (κ1) is 18.8. The summed E-state index contributed by atoms with van der Waals surface area (Å²) in [6.07, 6.45) is 4.56. The Morgan fingerprint density at radius 2 is 1.75 bits per heavy atom. The number of carbonyl (C=O) groups excluding carboxylic acids is 1. The third-order valence-corrected chi connectivity index (χ3v) is 7.17. The van der Waals surface area contributed by atoms with Crippen molar-refractivity contribution >= 4 is 21.6 Å². The minimum atomic E-state index is -3.55. The number of nitrogens with one attached hydrogen (secondary N) is 1. The molecule has 1 fully saturated rings. The van der Waals surface area contributed by atoms with Crippen molar-refractivity contribution in [3.63, 3.8) is 0 Å². The lowest BCUT2D eigenvalue weighted by Gasteiger charge is -2.17. The highest BCUT2D eigenvalue weighted by molar-refractivity contribution is 7.89. The molecule has 1 saturated heterocycles. The van der Waals surface area contributed by atoms with Gasteiger partial charge >= 0.3 is 0 Å². The summed E-state index contributed by atoms with van der Waals surface area (Å²) in [7, 11) is -3.55. The van der Waals surface area contributed by atoms with Gasteiger partial charge in [-0.3, -0.25) is 4.79 Å². The minimum Gasteiger partial charge on any atom is -0.267 e. The molecule has 1 amide bonds. The summed E-state index contributed by atoms with van der Waals surface area (Å²) in [5.74, 6) is -0.408. The van der Waals surface area contributed by atoms with Crippen molar-refractivity contribution in [3.8, 4) is 0 Å². The molecule has 4 rings (SSSR count). The van der Waals surface area contributed by atoms with Gasteiger partial charge in [0.15, 0.2) is 0 Å². The molecule has 0 unspecified atom stereocenters. The topological polar surface area (TPSA) is 78.8 Å². The molecule has 0 aromatic heterocycles. The molecule has 2 aliphatic rings. The van der Waals surface area contributed by atoms with Gasteiger partial charge in [-0.2, -0.15) is 9.41 Å². The lowest BCUT2D eigenvalue weighted by Crippen LogP contribution is -2.28. The number of sulfonamides is 1. The maximum atomic E-state index is 12.7. The van der Waals surface area contributed by atoms with Crippen LogP contribution in [0.25, 0.3) is 0 Å². The van der Waals surface area contributed by atoms with Crippen LogP contribution in [0.15, 0.2) is 58.5 Å². The number of rotatable bonds is 4. The van der Waals surface area contributed by atoms with Gasteiger partial charge in [-0.25, -0.2) is 13.8 Å². The summed E-state index contributed by atoms with van der Waals surface area (Å²) in [5, 5.41) is 4.33. The molecule has 2 aromatic rings. The van der Waals surface area contributed by atoms with E-state index >= 15 is 0 Å². The van der Waals surface area contributed by atoms with E-state index in [-0.39, 0.29) is 10.5 Å². The molecule has 0 atom stereocenters. The molecule has 28 heavy (non-hydrogen) atoms. The molecule has 1 aliphatic heterocycles. The van der Waals surface area contributed by atoms with E-state index in [4.69, 9.17) is 0 Å². The summed E-state index contributed by atoms with van der Waals surface area (Å²) in [4.78, 5) is 12.7. The number of hydrogen-bond acceptors (Lipinski definition) is 4. The molecule has 2 aromatic carbocycles. The van der Waals surface area contributed by atoms with Crippen molar-refractivity contribution < 1.29 is 13.2 Å². The average Bonchev–Trinajstić information content (AvgIpc) is 3.28. The quantitative estimate of drug-likeness (QED) is 0.806. The molecule has 0 radical (unpaired) electrons. The van der Waals surface area contributed by atoms with Gasteiger partial charge in [0.2, 0.25) is 10.0 Å². The smallest absolute Gasteiger partial charge is 0.267 e. The second-order valence-electron chi connectivity index (χ2n) is 7.15. The molecule has 0 bridgehead atoms. The van der Waals surface area contributed by atoms with Crippen molar-refractivity contribution in [1.82, 2.24) is 9.73 Å². The average molecular weight is 398 g/mol. The van der Waals surface area contributed by atoms with Crippen LogP contribution in [-0.4, -0.2) is 37.4 Å². The van der Waals surface area contributed by atoms with Crippen molar-refractivity contribution in [2.24, 2.45) is 5.10 Å². The van der Waals surface area contributed by atoms with Crippen LogP contribution >= 0.6 is 0 Å². The van der Waals surface area contributed by atoms with Gasteiger partial charge in [-0.15, -0.1) is 0 Å². The minimum absolute atomic E-state index is 0.151. The molecular formula is C21H23N3O3S. The van der Waals surface area contributed by atoms with Crippen LogP contribution in [-0.2, 0) is 16.4 Å². The fourth-order valence-electron chi connectivity index (χ4n) is 3.78. The van der Waals surface area contributed by atoms with E-state index in [9.17, 15) is 13.2 Å². The van der Waals surface area contributed by atoms with E-state index < -0.39 is 15.9 Å². The summed E-state index contributed by atoms with van der Waals surface area (Å²) in [6, 6.07) is 14.2. The SMILES string of the molecule is O=C(N/N=C1\CCCc2ccccc21)c1cccc(S(=O)(=O)N2CCCC2)c1. The first-order valence-corrected chi connectivity index (χ1v) is 11.0. The molecule has 1 heterocycles. The summed E-state index contributed by atoms with van der Waals surface area (Å²) in [6.45, 7) is 1.07. The number of benzene rings is 2. The number of amides is 1. The Morgan fingerprint density at radius 3 is 2.57 bits per heavy atom. The lowest BCUT2D eigenvalue weighted by molar-refractivity contribution is 0.0954. The van der Waals surface area contributed by atoms with Gasteiger partial charge in [-0.1, -0.05) is 30.3 Å². The molecule has 0 saturated carbocycles. The van der Waals surface area contributed by atoms with Gasteiger partial charge in [-0.05, 0) is 55.9 Å². The number of hydrogen-bond donors (Lipinski definition) is 1. The maximum absolute atomic E-state index is 12.7. The van der Waals surface area contributed by atoms with Crippen molar-refractivity contribution in [3.05, 3.63) is 65.2 Å². The van der Waals surface area contributed by atoms with Crippen LogP contribution < -0.4 is 5.43 Å². The number of nitrogens with zero attached hydrogens (tertiary/aromatic N) is 2. The van der Waals surface area contributed by atoms with E-state index in [1.165, 1.54) is 22.0 Å². The molecule has 1 N–H and O–H groups in total. The van der Waals surface area contributed by atoms with Crippen molar-refractivity contribution in [1.29, 1.82) is 0 Å². The van der Waals surface area contributed by atoms with E-state index in [0.717, 1.165) is 43.4 Å². The Hall–Kier alpha value is -2.51. The first-order valence-electron chi connectivity index (χ1n) is 9.61. The number of carbonyl (C=O) groups is 1. The maximum Gasteiger partial charge on any atom is 0.271 e. The Morgan fingerprint density at radius 1 is 0.964 bits per heavy atom. The molecule has 1 aliphatic carbocycles. The van der Waals surface area contributed by atoms with Crippen LogP contribution in [0.2, 0.25) is 0 Å². The molecule has 146 valence electrons. The molecule has 0 spiro atoms. The highest BCUT2D eigenvalue weighted by atomic mass is 32.2. The molecule has 7 heteroatoms. The van der Waals surface area contributed by atoms with Gasteiger partial charge in [0.25, 0.3) is 5.91 Å². The van der Waals surface area contributed by atoms with Crippen LogP contribution in [0.5, 0.6) is 0 Å². The van der Waals surface area contributed by atoms with E-state index in [2.05, 4.69) is 16.6 Å². The van der Waals surface area contributed by atoms with Crippen LogP contribution in [0.1, 0.15) is 47.2 Å². The number of fused-ring (bicyclic) bond motifs is 1. The third kappa shape index (κ3) is 3.72. The van der Waals surface area contributed by atoms with E-state index in [1.54, 1.807) is 12.1 Å². The van der Waals surface area contributed by atoms with Gasteiger partial charge in [0.05, 0.1) is 10.6 Å². The standard InChI is InChI=1S/C21H23N3O3S/c25-21(23-22-20-12-6-8-16-7-1-2-11-19(16)20)17-9-5-10-18(15-17)28(26,27)24-13-3-4-14-24/h1-2,5,7,9-11,15H,3-4,6,8,12-14H2,(H,23,25)/b22-20+. The van der Waals surface area contributed by atoms with Gasteiger partial charge in [0.1, 0.15) is 0 Å². The highest BCUT2D eigenvalue weighted by Gasteiger charge is 2.27. The first-order chi connectivity index (χ1) is 13.6. The lowest BCUT2D eigenvalue weighted by atomic mass is 9.90. The fourth-order valence-corrected chi connectivity index (χ4v) is 5.34. The zero-order valence-corrected chi connectivity index (χ0v) is 16.4. The highest BCUT2D eigenvalue weighted by Crippen LogP contribution is 2.22. The summed E-state index contributed by atoms with van der Waals surface area (Å²) in [5.41, 5.74) is 6.05. The Bertz CT molecular complexity index is 1020. The number of aryl methyl sites for hydroxylation is 1. The fraction of sp³-hybridized carbons (Fsp3) is 0.333. The Balaban J connectivity index is 1.54. The van der Waals surface area contributed by atoms with Gasteiger partial charge < -0.3 is 0 Å². The van der Waals surface area contributed by atoms with Crippen LogP contribution in [0.4, 0.5) is 0 Å². The van der Waals surface area contributed by atoms with Crippen LogP contribution in [0.3, 0.4) is 0 Å². The normalized spacial score (nSPS) is 18.8. The van der Waals surface area contributed by atoms with E-state index in [0.29, 0.717) is 13.1 Å². The third-order valence-electron chi connectivity index (χ3n) is 5.28. The summed E-state index contributed by atoms with van der Waals surface area (Å²) < 4.78 is 26.9. The van der Waals surface area contributed by atoms with Crippen LogP contribution in [0, 0.1) is 0 Å². The largest absolute Gasteiger partial charge is 0.271 e. The summed E-state index contributed by atoms with van der Waals surface area (Å²) >= 11 is 0.